The molecule has 0 saturated heterocycles. The Hall–Kier alpha value is -3.44. The van der Waals surface area contributed by atoms with Gasteiger partial charge in [0.25, 0.3) is 0 Å². The zero-order valence-corrected chi connectivity index (χ0v) is 17.4. The van der Waals surface area contributed by atoms with Crippen molar-refractivity contribution in [3.63, 3.8) is 0 Å². The molecule has 6 heteroatoms. The van der Waals surface area contributed by atoms with Gasteiger partial charge in [-0.1, -0.05) is 53.2 Å². The van der Waals surface area contributed by atoms with Crippen LogP contribution >= 0.6 is 11.6 Å². The molecular formula is C24H20ClN3O2. The van der Waals surface area contributed by atoms with Crippen molar-refractivity contribution in [3.8, 4) is 22.4 Å². The van der Waals surface area contributed by atoms with Gasteiger partial charge < -0.3 is 4.52 Å². The maximum Gasteiger partial charge on any atom is 0.239 e. The lowest BCUT2D eigenvalue weighted by atomic mass is 9.96. The Bertz CT molecular complexity index is 1200. The number of aryl methyl sites for hydroxylation is 1. The van der Waals surface area contributed by atoms with Gasteiger partial charge in [-0.3, -0.25) is 15.1 Å². The molecule has 0 spiro atoms. The molecule has 0 aliphatic heterocycles. The summed E-state index contributed by atoms with van der Waals surface area (Å²) in [5.41, 5.74) is 6.22. The lowest BCUT2D eigenvalue weighted by molar-refractivity contribution is -0.115. The Balaban J connectivity index is 1.74. The highest BCUT2D eigenvalue weighted by Crippen LogP contribution is 2.39. The molecule has 0 aliphatic rings. The summed E-state index contributed by atoms with van der Waals surface area (Å²) in [7, 11) is 0. The van der Waals surface area contributed by atoms with E-state index in [2.05, 4.69) is 28.4 Å². The predicted molar refractivity (Wildman–Crippen MR) is 118 cm³/mol. The number of anilines is 1. The van der Waals surface area contributed by atoms with Crippen LogP contribution in [0.4, 0.5) is 5.88 Å². The third kappa shape index (κ3) is 3.98. The summed E-state index contributed by atoms with van der Waals surface area (Å²) in [6.07, 6.45) is 3.53. The van der Waals surface area contributed by atoms with Crippen LogP contribution < -0.4 is 5.32 Å². The van der Waals surface area contributed by atoms with Crippen LogP contribution in [0.3, 0.4) is 0 Å². The molecule has 30 heavy (non-hydrogen) atoms. The molecule has 0 atom stereocenters. The van der Waals surface area contributed by atoms with Crippen molar-refractivity contribution in [2.24, 2.45) is 0 Å². The summed E-state index contributed by atoms with van der Waals surface area (Å²) in [6.45, 7) is 4.10. The standard InChI is InChI=1S/C24H20ClN3O2/c1-15-6-5-8-19(16(15)2)23-22(17-10-12-26-13-11-17)24(30-28-23)27-21(29)14-18-7-3-4-9-20(18)25/h3-13H,14H2,1-2H3,(H,27,29). The molecule has 2 heterocycles. The van der Waals surface area contributed by atoms with Crippen molar-refractivity contribution in [3.05, 3.63) is 88.7 Å². The smallest absolute Gasteiger partial charge is 0.239 e. The number of halogens is 1. The zero-order chi connectivity index (χ0) is 21.1. The molecule has 0 unspecified atom stereocenters. The number of rotatable bonds is 5. The lowest BCUT2D eigenvalue weighted by Gasteiger charge is -2.09. The van der Waals surface area contributed by atoms with E-state index in [9.17, 15) is 4.79 Å². The van der Waals surface area contributed by atoms with Gasteiger partial charge in [0.2, 0.25) is 11.8 Å². The highest BCUT2D eigenvalue weighted by Gasteiger charge is 2.22. The predicted octanol–water partition coefficient (Wildman–Crippen LogP) is 5.86. The molecule has 2 aromatic heterocycles. The molecule has 0 saturated carbocycles. The average Bonchev–Trinajstić information content (AvgIpc) is 3.15. The minimum atomic E-state index is -0.234. The highest BCUT2D eigenvalue weighted by molar-refractivity contribution is 6.31. The Labute approximate surface area is 179 Å². The van der Waals surface area contributed by atoms with Gasteiger partial charge in [-0.2, -0.15) is 0 Å². The number of benzene rings is 2. The first kappa shape index (κ1) is 19.9. The average molecular weight is 418 g/mol. The van der Waals surface area contributed by atoms with Gasteiger partial charge >= 0.3 is 0 Å². The van der Waals surface area contributed by atoms with Crippen molar-refractivity contribution in [1.29, 1.82) is 0 Å². The second-order valence-corrected chi connectivity index (χ2v) is 7.44. The van der Waals surface area contributed by atoms with Crippen LogP contribution in [0.1, 0.15) is 16.7 Å². The molecule has 1 N–H and O–H groups in total. The third-order valence-corrected chi connectivity index (χ3v) is 5.45. The minimum Gasteiger partial charge on any atom is -0.337 e. The van der Waals surface area contributed by atoms with Crippen LogP contribution in [0.25, 0.3) is 22.4 Å². The van der Waals surface area contributed by atoms with Gasteiger partial charge in [0.05, 0.1) is 12.0 Å². The molecule has 5 nitrogen and oxygen atoms in total. The van der Waals surface area contributed by atoms with E-state index in [4.69, 9.17) is 16.1 Å². The molecule has 2 aromatic carbocycles. The summed E-state index contributed by atoms with van der Waals surface area (Å²) in [6, 6.07) is 17.0. The monoisotopic (exact) mass is 417 g/mol. The number of hydrogen-bond donors (Lipinski definition) is 1. The second-order valence-electron chi connectivity index (χ2n) is 7.04. The van der Waals surface area contributed by atoms with E-state index < -0.39 is 0 Å². The fraction of sp³-hybridized carbons (Fsp3) is 0.125. The fourth-order valence-corrected chi connectivity index (χ4v) is 3.54. The van der Waals surface area contributed by atoms with Gasteiger partial charge in [0.15, 0.2) is 0 Å². The number of nitrogens with zero attached hydrogens (tertiary/aromatic N) is 2. The Morgan fingerprint density at radius 1 is 1.03 bits per heavy atom. The molecule has 0 aliphatic carbocycles. The topological polar surface area (TPSA) is 68.0 Å². The number of amides is 1. The maximum absolute atomic E-state index is 12.7. The van der Waals surface area contributed by atoms with Crippen LogP contribution in [0.2, 0.25) is 5.02 Å². The number of hydrogen-bond acceptors (Lipinski definition) is 4. The number of aromatic nitrogens is 2. The lowest BCUT2D eigenvalue weighted by Crippen LogP contribution is -2.14. The molecule has 0 bridgehead atoms. The van der Waals surface area contributed by atoms with Crippen molar-refractivity contribution < 1.29 is 9.32 Å². The molecule has 150 valence electrons. The van der Waals surface area contributed by atoms with Crippen molar-refractivity contribution in [2.45, 2.75) is 20.3 Å². The van der Waals surface area contributed by atoms with Crippen molar-refractivity contribution in [2.75, 3.05) is 5.32 Å². The summed E-state index contributed by atoms with van der Waals surface area (Å²) >= 11 is 6.19. The minimum absolute atomic E-state index is 0.134. The maximum atomic E-state index is 12.7. The fourth-order valence-electron chi connectivity index (χ4n) is 3.34. The molecule has 4 aromatic rings. The van der Waals surface area contributed by atoms with Crippen LogP contribution in [0.5, 0.6) is 0 Å². The number of nitrogens with one attached hydrogen (secondary N) is 1. The summed E-state index contributed by atoms with van der Waals surface area (Å²) in [5.74, 6) is 0.0660. The van der Waals surface area contributed by atoms with Gasteiger partial charge in [-0.15, -0.1) is 0 Å². The molecule has 0 radical (unpaired) electrons. The SMILES string of the molecule is Cc1cccc(-c2noc(NC(=O)Cc3ccccc3Cl)c2-c2ccncc2)c1C. The van der Waals surface area contributed by atoms with Crippen LogP contribution in [-0.2, 0) is 11.2 Å². The van der Waals surface area contributed by atoms with Gasteiger partial charge in [0, 0.05) is 23.0 Å². The van der Waals surface area contributed by atoms with E-state index in [-0.39, 0.29) is 12.3 Å². The Morgan fingerprint density at radius 2 is 1.80 bits per heavy atom. The number of pyridine rings is 1. The van der Waals surface area contributed by atoms with Crippen molar-refractivity contribution in [1.82, 2.24) is 10.1 Å². The first-order valence-electron chi connectivity index (χ1n) is 9.54. The second kappa shape index (κ2) is 8.51. The Morgan fingerprint density at radius 3 is 2.57 bits per heavy atom. The van der Waals surface area contributed by atoms with Crippen molar-refractivity contribution >= 4 is 23.4 Å². The van der Waals surface area contributed by atoms with Gasteiger partial charge in [-0.25, -0.2) is 0 Å². The first-order valence-corrected chi connectivity index (χ1v) is 9.92. The van der Waals surface area contributed by atoms with E-state index in [1.807, 2.05) is 49.4 Å². The number of carbonyl (C=O) groups is 1. The molecule has 1 amide bonds. The normalized spacial score (nSPS) is 10.8. The van der Waals surface area contributed by atoms with E-state index in [1.165, 1.54) is 0 Å². The third-order valence-electron chi connectivity index (χ3n) is 5.08. The van der Waals surface area contributed by atoms with E-state index in [0.29, 0.717) is 16.6 Å². The highest BCUT2D eigenvalue weighted by atomic mass is 35.5. The largest absolute Gasteiger partial charge is 0.337 e. The Kier molecular flexibility index (Phi) is 5.63. The quantitative estimate of drug-likeness (QED) is 0.442. The summed E-state index contributed by atoms with van der Waals surface area (Å²) < 4.78 is 5.60. The van der Waals surface area contributed by atoms with E-state index in [0.717, 1.165) is 33.4 Å². The number of carbonyl (C=O) groups excluding carboxylic acids is 1. The first-order chi connectivity index (χ1) is 14.5. The van der Waals surface area contributed by atoms with Gasteiger partial charge in [0.1, 0.15) is 5.69 Å². The summed E-state index contributed by atoms with van der Waals surface area (Å²) in [5, 5.41) is 7.72. The summed E-state index contributed by atoms with van der Waals surface area (Å²) in [4.78, 5) is 16.8. The zero-order valence-electron chi connectivity index (χ0n) is 16.6. The van der Waals surface area contributed by atoms with E-state index in [1.54, 1.807) is 18.5 Å². The van der Waals surface area contributed by atoms with Crippen LogP contribution in [-0.4, -0.2) is 16.0 Å². The molecule has 0 fully saturated rings. The van der Waals surface area contributed by atoms with Crippen LogP contribution in [0, 0.1) is 13.8 Å². The molecule has 4 rings (SSSR count). The van der Waals surface area contributed by atoms with E-state index >= 15 is 0 Å². The van der Waals surface area contributed by atoms with Gasteiger partial charge in [-0.05, 0) is 54.3 Å². The molecular weight excluding hydrogens is 398 g/mol. The van der Waals surface area contributed by atoms with Crippen LogP contribution in [0.15, 0.2) is 71.5 Å².